The number of hydrogen-bond acceptors (Lipinski definition) is 3. The zero-order valence-electron chi connectivity index (χ0n) is 17.5. The second-order valence-corrected chi connectivity index (χ2v) is 7.85. The van der Waals surface area contributed by atoms with Gasteiger partial charge in [0.25, 0.3) is 0 Å². The van der Waals surface area contributed by atoms with E-state index in [1.54, 1.807) is 0 Å². The van der Waals surface area contributed by atoms with Gasteiger partial charge in [-0.1, -0.05) is 103 Å². The highest BCUT2D eigenvalue weighted by molar-refractivity contribution is 5.57. The average molecular weight is 354 g/mol. The maximum atomic E-state index is 4.31. The van der Waals surface area contributed by atoms with E-state index < -0.39 is 0 Å². The van der Waals surface area contributed by atoms with E-state index in [0.29, 0.717) is 6.04 Å². The van der Waals surface area contributed by atoms with Crippen LogP contribution >= 0.6 is 0 Å². The smallest absolute Gasteiger partial charge is 0.0853 e. The van der Waals surface area contributed by atoms with E-state index in [1.807, 2.05) is 0 Å². The van der Waals surface area contributed by atoms with Gasteiger partial charge in [0.1, 0.15) is 0 Å². The molecule has 0 aliphatic carbocycles. The summed E-state index contributed by atoms with van der Waals surface area (Å²) in [5.74, 6) is 0. The van der Waals surface area contributed by atoms with Crippen LogP contribution in [-0.4, -0.2) is 30.4 Å². The van der Waals surface area contributed by atoms with Crippen LogP contribution in [0, 0.1) is 0 Å². The normalized spacial score (nSPS) is 14.7. The molecule has 1 aliphatic rings. The van der Waals surface area contributed by atoms with Crippen LogP contribution < -0.4 is 6.15 Å². The summed E-state index contributed by atoms with van der Waals surface area (Å²) in [6.45, 7) is 6.79. The van der Waals surface area contributed by atoms with Crippen molar-refractivity contribution in [2.75, 3.05) is 13.1 Å². The number of hydrogen-bond donors (Lipinski definition) is 1. The second kappa shape index (κ2) is 18.2. The molecule has 3 heteroatoms. The fraction of sp³-hybridized carbons (Fsp3) is 0.955. The molecule has 3 N–H and O–H groups in total. The van der Waals surface area contributed by atoms with Crippen molar-refractivity contribution in [3.05, 3.63) is 0 Å². The van der Waals surface area contributed by atoms with Gasteiger partial charge in [-0.05, 0) is 13.3 Å². The lowest BCUT2D eigenvalue weighted by Gasteiger charge is -2.22. The molecule has 1 atom stereocenters. The fourth-order valence-corrected chi connectivity index (χ4v) is 3.70. The van der Waals surface area contributed by atoms with Gasteiger partial charge >= 0.3 is 0 Å². The Morgan fingerprint density at radius 2 is 1.20 bits per heavy atom. The summed E-state index contributed by atoms with van der Waals surface area (Å²) in [5, 5.41) is 0. The first kappa shape index (κ1) is 24.4. The van der Waals surface area contributed by atoms with Crippen LogP contribution in [0.3, 0.4) is 0 Å². The van der Waals surface area contributed by atoms with Crippen molar-refractivity contribution in [3.63, 3.8) is 0 Å². The third-order valence-electron chi connectivity index (χ3n) is 5.51. The van der Waals surface area contributed by atoms with Gasteiger partial charge in [-0.3, -0.25) is 4.99 Å². The quantitative estimate of drug-likeness (QED) is 0.282. The van der Waals surface area contributed by atoms with Gasteiger partial charge in [0, 0.05) is 12.6 Å². The molecule has 0 aromatic rings. The molecule has 1 rings (SSSR count). The number of rotatable bonds is 17. The van der Waals surface area contributed by atoms with Crippen molar-refractivity contribution in [1.29, 1.82) is 0 Å². The van der Waals surface area contributed by atoms with Gasteiger partial charge in [-0.2, -0.15) is 0 Å². The summed E-state index contributed by atoms with van der Waals surface area (Å²) >= 11 is 0. The van der Waals surface area contributed by atoms with Gasteiger partial charge in [0.05, 0.1) is 12.9 Å². The molecule has 0 radical (unpaired) electrons. The van der Waals surface area contributed by atoms with Crippen LogP contribution in [0.2, 0.25) is 0 Å². The van der Waals surface area contributed by atoms with E-state index in [0.717, 1.165) is 13.1 Å². The minimum absolute atomic E-state index is 0. The van der Waals surface area contributed by atoms with E-state index in [-0.39, 0.29) is 6.15 Å². The molecular weight excluding hydrogens is 306 g/mol. The number of unbranched alkanes of at least 4 members (excludes halogenated alkanes) is 14. The third kappa shape index (κ3) is 14.3. The summed E-state index contributed by atoms with van der Waals surface area (Å²) in [6.07, 6.45) is 25.1. The summed E-state index contributed by atoms with van der Waals surface area (Å²) < 4.78 is 0. The summed E-state index contributed by atoms with van der Waals surface area (Å²) in [5.41, 5.74) is 0. The standard InChI is InChI=1S/C22H44N2.H3N/c1-3-4-5-6-7-8-9-10-11-12-13-14-15-16-17-18-22(2)24-20-19-23-21-24;/h21-22H,3-20H2,1-2H3;1H3. The van der Waals surface area contributed by atoms with Crippen molar-refractivity contribution >= 4 is 6.34 Å². The molecule has 150 valence electrons. The van der Waals surface area contributed by atoms with Crippen LogP contribution in [-0.2, 0) is 0 Å². The Bertz CT molecular complexity index is 291. The van der Waals surface area contributed by atoms with Crippen molar-refractivity contribution in [3.8, 4) is 0 Å². The van der Waals surface area contributed by atoms with Crippen molar-refractivity contribution in [2.45, 2.75) is 123 Å². The Morgan fingerprint density at radius 1 is 0.760 bits per heavy atom. The summed E-state index contributed by atoms with van der Waals surface area (Å²) in [6, 6.07) is 0.693. The lowest BCUT2D eigenvalue weighted by molar-refractivity contribution is 0.337. The zero-order chi connectivity index (χ0) is 17.3. The topological polar surface area (TPSA) is 50.6 Å². The molecule has 0 aromatic heterocycles. The molecule has 0 amide bonds. The predicted octanol–water partition coefficient (Wildman–Crippen LogP) is 7.14. The molecule has 0 fully saturated rings. The first-order chi connectivity index (χ1) is 11.8. The van der Waals surface area contributed by atoms with Gasteiger partial charge in [-0.25, -0.2) is 0 Å². The van der Waals surface area contributed by atoms with Crippen LogP contribution in [0.1, 0.15) is 117 Å². The molecule has 3 nitrogen and oxygen atoms in total. The van der Waals surface area contributed by atoms with E-state index in [4.69, 9.17) is 0 Å². The monoisotopic (exact) mass is 353 g/mol. The molecule has 0 bridgehead atoms. The molecule has 0 saturated carbocycles. The minimum atomic E-state index is 0. The number of nitrogens with zero attached hydrogens (tertiary/aromatic N) is 2. The van der Waals surface area contributed by atoms with Crippen molar-refractivity contribution < 1.29 is 0 Å². The highest BCUT2D eigenvalue weighted by Gasteiger charge is 2.12. The first-order valence-electron chi connectivity index (χ1n) is 11.1. The lowest BCUT2D eigenvalue weighted by atomic mass is 10.0. The number of aliphatic imine (C=N–C) groups is 1. The fourth-order valence-electron chi connectivity index (χ4n) is 3.70. The lowest BCUT2D eigenvalue weighted by Crippen LogP contribution is -2.30. The molecule has 0 aromatic carbocycles. The van der Waals surface area contributed by atoms with E-state index in [2.05, 4.69) is 30.1 Å². The van der Waals surface area contributed by atoms with Crippen LogP contribution in [0.25, 0.3) is 0 Å². The highest BCUT2D eigenvalue weighted by atomic mass is 15.2. The average Bonchev–Trinajstić information content (AvgIpc) is 3.13. The highest BCUT2D eigenvalue weighted by Crippen LogP contribution is 2.15. The SMILES string of the molecule is CCCCCCCCCCCCCCCCCC(C)N1C=NCC1.N. The molecular formula is C22H47N3. The van der Waals surface area contributed by atoms with Crippen LogP contribution in [0.4, 0.5) is 0 Å². The maximum Gasteiger partial charge on any atom is 0.0853 e. The molecule has 1 heterocycles. The Labute approximate surface area is 158 Å². The van der Waals surface area contributed by atoms with Gasteiger partial charge in [-0.15, -0.1) is 0 Å². The molecule has 25 heavy (non-hydrogen) atoms. The van der Waals surface area contributed by atoms with Crippen molar-refractivity contribution in [2.24, 2.45) is 4.99 Å². The first-order valence-corrected chi connectivity index (χ1v) is 11.1. The summed E-state index contributed by atoms with van der Waals surface area (Å²) in [7, 11) is 0. The maximum absolute atomic E-state index is 4.31. The minimum Gasteiger partial charge on any atom is -0.358 e. The second-order valence-electron chi connectivity index (χ2n) is 7.85. The summed E-state index contributed by atoms with van der Waals surface area (Å²) in [4.78, 5) is 6.71. The van der Waals surface area contributed by atoms with Crippen LogP contribution in [0.5, 0.6) is 0 Å². The third-order valence-corrected chi connectivity index (χ3v) is 5.51. The Hall–Kier alpha value is -0.570. The Kier molecular flexibility index (Phi) is 17.8. The van der Waals surface area contributed by atoms with E-state index >= 15 is 0 Å². The molecule has 0 spiro atoms. The van der Waals surface area contributed by atoms with E-state index in [1.165, 1.54) is 103 Å². The Balaban J connectivity index is 0.00000576. The largest absolute Gasteiger partial charge is 0.358 e. The zero-order valence-corrected chi connectivity index (χ0v) is 17.5. The molecule has 0 saturated heterocycles. The van der Waals surface area contributed by atoms with Gasteiger partial charge in [0.15, 0.2) is 0 Å². The Morgan fingerprint density at radius 3 is 1.60 bits per heavy atom. The van der Waals surface area contributed by atoms with E-state index in [9.17, 15) is 0 Å². The molecule has 1 unspecified atom stereocenters. The van der Waals surface area contributed by atoms with Crippen LogP contribution in [0.15, 0.2) is 4.99 Å². The molecule has 1 aliphatic heterocycles. The van der Waals surface area contributed by atoms with Gasteiger partial charge in [0.2, 0.25) is 0 Å². The van der Waals surface area contributed by atoms with Gasteiger partial charge < -0.3 is 11.1 Å². The predicted molar refractivity (Wildman–Crippen MR) is 114 cm³/mol. The van der Waals surface area contributed by atoms with Crippen molar-refractivity contribution in [1.82, 2.24) is 11.1 Å².